The summed E-state index contributed by atoms with van der Waals surface area (Å²) in [7, 11) is 1.39. The van der Waals surface area contributed by atoms with Crippen molar-refractivity contribution in [3.63, 3.8) is 0 Å². The van der Waals surface area contributed by atoms with Crippen LogP contribution in [-0.4, -0.2) is 19.1 Å². The Morgan fingerprint density at radius 2 is 1.87 bits per heavy atom. The maximum atomic E-state index is 6.09. The van der Waals surface area contributed by atoms with Crippen LogP contribution in [0.5, 0.6) is 0 Å². The summed E-state index contributed by atoms with van der Waals surface area (Å²) >= 11 is 0. The molecule has 0 amide bonds. The van der Waals surface area contributed by atoms with Crippen LogP contribution in [0.3, 0.4) is 0 Å². The third kappa shape index (κ3) is 2.31. The fraction of sp³-hybridized carbons (Fsp3) is 0.400. The van der Waals surface area contributed by atoms with Crippen LogP contribution in [0.25, 0.3) is 0 Å². The van der Waals surface area contributed by atoms with E-state index >= 15 is 0 Å². The topological polar surface area (TPSA) is 12.5 Å². The zero-order valence-corrected chi connectivity index (χ0v) is 15.0. The highest BCUT2D eigenvalue weighted by molar-refractivity contribution is 7.74. The Labute approximate surface area is 140 Å². The van der Waals surface area contributed by atoms with E-state index in [2.05, 4.69) is 67.3 Å². The summed E-state index contributed by atoms with van der Waals surface area (Å²) in [6, 6.07) is 18.4. The fourth-order valence-electron chi connectivity index (χ4n) is 4.13. The number of methoxy groups -OCH3 is 1. The molecule has 23 heavy (non-hydrogen) atoms. The Kier molecular flexibility index (Phi) is 3.91. The van der Waals surface area contributed by atoms with Gasteiger partial charge in [0.1, 0.15) is 0 Å². The second-order valence-electron chi connectivity index (χ2n) is 6.81. The van der Waals surface area contributed by atoms with Crippen LogP contribution >= 0.6 is 7.92 Å². The molecule has 2 aromatic carbocycles. The van der Waals surface area contributed by atoms with Crippen molar-refractivity contribution in [2.45, 2.75) is 38.7 Å². The first kappa shape index (κ1) is 15.2. The number of nitrogens with zero attached hydrogens (tertiary/aromatic N) is 1. The lowest BCUT2D eigenvalue weighted by Crippen LogP contribution is -2.47. The molecule has 0 aromatic heterocycles. The van der Waals surface area contributed by atoms with E-state index in [0.29, 0.717) is 12.0 Å². The van der Waals surface area contributed by atoms with Gasteiger partial charge in [0.25, 0.3) is 0 Å². The van der Waals surface area contributed by atoms with Gasteiger partial charge in [0.05, 0.1) is 5.69 Å². The SMILES string of the molecule is CO[C@H]1N2c3c(cccc3P1c1ccccc1)CC[C@H]2C(C)C. The number of hydrogen-bond donors (Lipinski definition) is 0. The van der Waals surface area contributed by atoms with Crippen molar-refractivity contribution in [3.8, 4) is 0 Å². The van der Waals surface area contributed by atoms with Gasteiger partial charge < -0.3 is 9.64 Å². The Hall–Kier alpha value is -1.37. The van der Waals surface area contributed by atoms with Gasteiger partial charge in [-0.15, -0.1) is 0 Å². The predicted molar refractivity (Wildman–Crippen MR) is 99.3 cm³/mol. The van der Waals surface area contributed by atoms with Gasteiger partial charge in [-0.1, -0.05) is 62.4 Å². The van der Waals surface area contributed by atoms with Crippen LogP contribution in [0.2, 0.25) is 0 Å². The molecule has 0 spiro atoms. The molecule has 2 aliphatic heterocycles. The lowest BCUT2D eigenvalue weighted by molar-refractivity contribution is 0.150. The first-order chi connectivity index (χ1) is 11.2. The van der Waals surface area contributed by atoms with E-state index in [1.54, 1.807) is 0 Å². The summed E-state index contributed by atoms with van der Waals surface area (Å²) in [5.74, 6) is 0.802. The smallest absolute Gasteiger partial charge is 0.157 e. The second-order valence-corrected chi connectivity index (χ2v) is 8.99. The number of benzene rings is 2. The van der Waals surface area contributed by atoms with Crippen molar-refractivity contribution in [2.75, 3.05) is 12.0 Å². The molecule has 3 atom stereocenters. The van der Waals surface area contributed by atoms with Gasteiger partial charge in [-0.3, -0.25) is 0 Å². The Morgan fingerprint density at radius 1 is 1.09 bits per heavy atom. The minimum atomic E-state index is -0.489. The highest BCUT2D eigenvalue weighted by atomic mass is 31.1. The molecule has 0 saturated carbocycles. The predicted octanol–water partition coefficient (Wildman–Crippen LogP) is 3.84. The van der Waals surface area contributed by atoms with E-state index in [0.717, 1.165) is 0 Å². The molecule has 0 bridgehead atoms. The lowest BCUT2D eigenvalue weighted by atomic mass is 9.90. The summed E-state index contributed by atoms with van der Waals surface area (Å²) in [6.45, 7) is 4.68. The molecule has 4 rings (SSSR count). The quantitative estimate of drug-likeness (QED) is 0.795. The molecule has 0 N–H and O–H groups in total. The molecule has 1 unspecified atom stereocenters. The van der Waals surface area contributed by atoms with Crippen molar-refractivity contribution in [3.05, 3.63) is 54.1 Å². The molecule has 0 fully saturated rings. The minimum absolute atomic E-state index is 0.163. The van der Waals surface area contributed by atoms with E-state index in [1.165, 1.54) is 34.7 Å². The third-order valence-corrected chi connectivity index (χ3v) is 7.79. The van der Waals surface area contributed by atoms with Gasteiger partial charge in [-0.05, 0) is 29.6 Å². The molecule has 0 aliphatic carbocycles. The average molecular weight is 325 g/mol. The molecule has 0 saturated heterocycles. The monoisotopic (exact) mass is 325 g/mol. The minimum Gasteiger partial charge on any atom is -0.357 e. The van der Waals surface area contributed by atoms with Gasteiger partial charge in [0.2, 0.25) is 0 Å². The van der Waals surface area contributed by atoms with Crippen molar-refractivity contribution in [1.29, 1.82) is 0 Å². The zero-order chi connectivity index (χ0) is 16.0. The van der Waals surface area contributed by atoms with Gasteiger partial charge in [-0.25, -0.2) is 0 Å². The van der Waals surface area contributed by atoms with Crippen LogP contribution < -0.4 is 15.5 Å². The number of aryl methyl sites for hydroxylation is 1. The van der Waals surface area contributed by atoms with E-state index in [1.807, 2.05) is 7.11 Å². The average Bonchev–Trinajstić information content (AvgIpc) is 2.92. The summed E-state index contributed by atoms with van der Waals surface area (Å²) in [4.78, 5) is 2.61. The van der Waals surface area contributed by atoms with Gasteiger partial charge in [0, 0.05) is 26.4 Å². The zero-order valence-electron chi connectivity index (χ0n) is 14.1. The molecule has 0 radical (unpaired) electrons. The van der Waals surface area contributed by atoms with Gasteiger partial charge in [-0.2, -0.15) is 0 Å². The Balaban J connectivity index is 1.90. The maximum Gasteiger partial charge on any atom is 0.157 e. The Bertz CT molecular complexity index is 700. The Morgan fingerprint density at radius 3 is 2.57 bits per heavy atom. The summed E-state index contributed by atoms with van der Waals surface area (Å²) in [5.41, 5.74) is 2.97. The number of ether oxygens (including phenoxy) is 1. The van der Waals surface area contributed by atoms with Crippen molar-refractivity contribution in [1.82, 2.24) is 0 Å². The lowest BCUT2D eigenvalue weighted by Gasteiger charge is -2.42. The van der Waals surface area contributed by atoms with Gasteiger partial charge in [0.15, 0.2) is 5.97 Å². The van der Waals surface area contributed by atoms with Crippen LogP contribution in [0, 0.1) is 5.92 Å². The van der Waals surface area contributed by atoms with E-state index in [-0.39, 0.29) is 5.97 Å². The highest BCUT2D eigenvalue weighted by Gasteiger charge is 2.46. The second kappa shape index (κ2) is 5.92. The van der Waals surface area contributed by atoms with Crippen molar-refractivity contribution in [2.24, 2.45) is 5.92 Å². The first-order valence-electron chi connectivity index (χ1n) is 8.49. The van der Waals surface area contributed by atoms with Crippen LogP contribution in [0.1, 0.15) is 25.8 Å². The summed E-state index contributed by atoms with van der Waals surface area (Å²) in [6.07, 6.45) is 2.42. The third-order valence-electron chi connectivity index (χ3n) is 5.16. The number of anilines is 1. The molecule has 2 nitrogen and oxygen atoms in total. The molecule has 120 valence electrons. The standard InChI is InChI=1S/C20H24NOP/c1-14(2)17-13-12-15-8-7-11-18-19(15)21(17)20(22-3)23(18)16-9-5-4-6-10-16/h4-11,14,17,20H,12-13H2,1-3H3/t17-,20+,23?/m0/s1. The maximum absolute atomic E-state index is 6.09. The highest BCUT2D eigenvalue weighted by Crippen LogP contribution is 2.55. The van der Waals surface area contributed by atoms with Gasteiger partial charge >= 0.3 is 0 Å². The fourth-order valence-corrected chi connectivity index (χ4v) is 6.87. The first-order valence-corrected chi connectivity index (χ1v) is 9.90. The molecular formula is C20H24NOP. The normalized spacial score (nSPS) is 25.7. The van der Waals surface area contributed by atoms with Crippen LogP contribution in [0.4, 0.5) is 5.69 Å². The molecule has 2 heterocycles. The van der Waals surface area contributed by atoms with E-state index < -0.39 is 7.92 Å². The van der Waals surface area contributed by atoms with Crippen molar-refractivity contribution < 1.29 is 4.74 Å². The number of hydrogen-bond acceptors (Lipinski definition) is 2. The number of para-hydroxylation sites is 1. The number of rotatable bonds is 3. The molecule has 2 aromatic rings. The summed E-state index contributed by atoms with van der Waals surface area (Å²) < 4.78 is 6.09. The van der Waals surface area contributed by atoms with Crippen molar-refractivity contribution >= 4 is 24.2 Å². The van der Waals surface area contributed by atoms with Crippen LogP contribution in [0.15, 0.2) is 48.5 Å². The van der Waals surface area contributed by atoms with Crippen LogP contribution in [-0.2, 0) is 11.2 Å². The molecule has 2 aliphatic rings. The van der Waals surface area contributed by atoms with E-state index in [9.17, 15) is 0 Å². The van der Waals surface area contributed by atoms with E-state index in [4.69, 9.17) is 4.74 Å². The summed E-state index contributed by atoms with van der Waals surface area (Å²) in [5, 5.41) is 2.92. The largest absolute Gasteiger partial charge is 0.357 e. The molecule has 3 heteroatoms. The molecular weight excluding hydrogens is 301 g/mol.